The zero-order valence-corrected chi connectivity index (χ0v) is 14.7. The summed E-state index contributed by atoms with van der Waals surface area (Å²) in [6.45, 7) is 5.00. The molecule has 3 nitrogen and oxygen atoms in total. The summed E-state index contributed by atoms with van der Waals surface area (Å²) in [6.07, 6.45) is 4.38. The van der Waals surface area contributed by atoms with E-state index in [0.29, 0.717) is 6.54 Å². The van der Waals surface area contributed by atoms with Crippen molar-refractivity contribution in [3.8, 4) is 11.3 Å². The monoisotopic (exact) mass is 328 g/mol. The molecule has 0 bridgehead atoms. The lowest BCUT2D eigenvalue weighted by molar-refractivity contribution is -0.123. The van der Waals surface area contributed by atoms with Gasteiger partial charge in [0.2, 0.25) is 5.91 Å². The highest BCUT2D eigenvalue weighted by molar-refractivity contribution is 7.14. The lowest BCUT2D eigenvalue weighted by Gasteiger charge is -2.29. The summed E-state index contributed by atoms with van der Waals surface area (Å²) in [5.41, 5.74) is 2.05. The summed E-state index contributed by atoms with van der Waals surface area (Å²) in [5.74, 6) is 1.20. The molecule has 1 fully saturated rings. The van der Waals surface area contributed by atoms with Crippen LogP contribution >= 0.6 is 11.3 Å². The summed E-state index contributed by atoms with van der Waals surface area (Å²) in [5, 5.41) is 2.87. The minimum atomic E-state index is 0.176. The van der Waals surface area contributed by atoms with Crippen molar-refractivity contribution in [1.82, 2.24) is 4.98 Å². The van der Waals surface area contributed by atoms with Gasteiger partial charge in [0, 0.05) is 23.4 Å². The van der Waals surface area contributed by atoms with Crippen LogP contribution in [-0.2, 0) is 4.79 Å². The van der Waals surface area contributed by atoms with Crippen molar-refractivity contribution in [3.05, 3.63) is 35.7 Å². The van der Waals surface area contributed by atoms with Gasteiger partial charge in [-0.1, -0.05) is 37.3 Å². The van der Waals surface area contributed by atoms with Gasteiger partial charge in [-0.3, -0.25) is 9.69 Å². The fourth-order valence-electron chi connectivity index (χ4n) is 3.24. The Morgan fingerprint density at radius 3 is 2.57 bits per heavy atom. The van der Waals surface area contributed by atoms with E-state index >= 15 is 0 Å². The van der Waals surface area contributed by atoms with Crippen molar-refractivity contribution < 1.29 is 4.79 Å². The van der Waals surface area contributed by atoms with Crippen LogP contribution in [0.3, 0.4) is 0 Å². The van der Waals surface area contributed by atoms with Crippen LogP contribution in [0, 0.1) is 11.8 Å². The molecule has 122 valence electrons. The number of thiazole rings is 1. The minimum absolute atomic E-state index is 0.176. The quantitative estimate of drug-likeness (QED) is 0.792. The lowest BCUT2D eigenvalue weighted by Crippen LogP contribution is -2.37. The van der Waals surface area contributed by atoms with E-state index in [9.17, 15) is 4.79 Å². The van der Waals surface area contributed by atoms with Crippen molar-refractivity contribution in [2.75, 3.05) is 11.4 Å². The Morgan fingerprint density at radius 2 is 1.91 bits per heavy atom. The topological polar surface area (TPSA) is 33.2 Å². The van der Waals surface area contributed by atoms with Gasteiger partial charge in [0.1, 0.15) is 0 Å². The van der Waals surface area contributed by atoms with Gasteiger partial charge < -0.3 is 0 Å². The van der Waals surface area contributed by atoms with Crippen molar-refractivity contribution in [2.45, 2.75) is 39.5 Å². The van der Waals surface area contributed by atoms with Gasteiger partial charge >= 0.3 is 0 Å². The van der Waals surface area contributed by atoms with E-state index in [0.717, 1.165) is 35.1 Å². The number of amides is 1. The Morgan fingerprint density at radius 1 is 1.22 bits per heavy atom. The number of aromatic nitrogens is 1. The first-order valence-corrected chi connectivity index (χ1v) is 9.39. The van der Waals surface area contributed by atoms with E-state index in [1.165, 1.54) is 12.8 Å². The largest absolute Gasteiger partial charge is 0.288 e. The summed E-state index contributed by atoms with van der Waals surface area (Å²) < 4.78 is 0. The molecule has 0 saturated heterocycles. The zero-order chi connectivity index (χ0) is 16.2. The molecule has 1 heterocycles. The van der Waals surface area contributed by atoms with Gasteiger partial charge in [-0.05, 0) is 38.5 Å². The molecule has 1 aliphatic rings. The highest BCUT2D eigenvalue weighted by Crippen LogP contribution is 2.33. The summed E-state index contributed by atoms with van der Waals surface area (Å²) in [7, 11) is 0. The fraction of sp³-hybridized carbons (Fsp3) is 0.474. The smallest absolute Gasteiger partial charge is 0.231 e. The minimum Gasteiger partial charge on any atom is -0.288 e. The van der Waals surface area contributed by atoms with Crippen molar-refractivity contribution >= 4 is 22.4 Å². The molecule has 2 aromatic rings. The Hall–Kier alpha value is -1.68. The Kier molecular flexibility index (Phi) is 5.11. The van der Waals surface area contributed by atoms with Crippen LogP contribution in [-0.4, -0.2) is 17.4 Å². The molecule has 0 unspecified atom stereocenters. The van der Waals surface area contributed by atoms with Gasteiger partial charge in [0.05, 0.1) is 5.69 Å². The second-order valence-corrected chi connectivity index (χ2v) is 7.26. The fourth-order valence-corrected chi connectivity index (χ4v) is 4.15. The van der Waals surface area contributed by atoms with E-state index < -0.39 is 0 Å². The number of hydrogen-bond donors (Lipinski definition) is 0. The van der Waals surface area contributed by atoms with Crippen LogP contribution in [0.15, 0.2) is 35.7 Å². The number of carbonyl (C=O) groups is 1. The highest BCUT2D eigenvalue weighted by Gasteiger charge is 2.29. The lowest BCUT2D eigenvalue weighted by atomic mass is 9.82. The molecule has 1 aliphatic carbocycles. The summed E-state index contributed by atoms with van der Waals surface area (Å²) in [4.78, 5) is 19.5. The van der Waals surface area contributed by atoms with Crippen molar-refractivity contribution in [2.24, 2.45) is 11.8 Å². The first-order chi connectivity index (χ1) is 11.2. The maximum Gasteiger partial charge on any atom is 0.231 e. The molecule has 0 atom stereocenters. The standard InChI is InChI=1S/C19H24N2OS/c1-3-21(18(22)16-11-9-14(2)10-12-16)19-20-17(13-23-19)15-7-5-4-6-8-15/h4-8,13-14,16H,3,9-12H2,1-2H3. The zero-order valence-electron chi connectivity index (χ0n) is 13.9. The normalized spacial score (nSPS) is 21.1. The molecule has 1 aromatic carbocycles. The van der Waals surface area contributed by atoms with Crippen molar-refractivity contribution in [3.63, 3.8) is 0 Å². The SMILES string of the molecule is CCN(C(=O)C1CCC(C)CC1)c1nc(-c2ccccc2)cs1. The number of hydrogen-bond acceptors (Lipinski definition) is 3. The molecular formula is C19H24N2OS. The number of anilines is 1. The van der Waals surface area contributed by atoms with Crippen LogP contribution in [0.2, 0.25) is 0 Å². The number of benzene rings is 1. The average molecular weight is 328 g/mol. The Balaban J connectivity index is 1.76. The van der Waals surface area contributed by atoms with Gasteiger partial charge in [-0.15, -0.1) is 11.3 Å². The first kappa shape index (κ1) is 16.2. The maximum absolute atomic E-state index is 12.9. The van der Waals surface area contributed by atoms with Gasteiger partial charge in [-0.2, -0.15) is 0 Å². The van der Waals surface area contributed by atoms with Gasteiger partial charge in [0.15, 0.2) is 5.13 Å². The molecular weight excluding hydrogens is 304 g/mol. The third-order valence-electron chi connectivity index (χ3n) is 4.74. The highest BCUT2D eigenvalue weighted by atomic mass is 32.1. The Bertz CT molecular complexity index is 644. The molecule has 3 rings (SSSR count). The summed E-state index contributed by atoms with van der Waals surface area (Å²) in [6, 6.07) is 10.1. The predicted octanol–water partition coefficient (Wildman–Crippen LogP) is 4.99. The van der Waals surface area contributed by atoms with Gasteiger partial charge in [0.25, 0.3) is 0 Å². The Labute approximate surface area is 142 Å². The van der Waals surface area contributed by atoms with Crippen LogP contribution in [0.4, 0.5) is 5.13 Å². The maximum atomic E-state index is 12.9. The second-order valence-electron chi connectivity index (χ2n) is 6.42. The van der Waals surface area contributed by atoms with E-state index in [1.807, 2.05) is 35.4 Å². The van der Waals surface area contributed by atoms with E-state index in [1.54, 1.807) is 11.3 Å². The summed E-state index contributed by atoms with van der Waals surface area (Å²) >= 11 is 1.56. The molecule has 0 aliphatic heterocycles. The molecule has 1 aromatic heterocycles. The number of carbonyl (C=O) groups excluding carboxylic acids is 1. The van der Waals surface area contributed by atoms with Crippen molar-refractivity contribution in [1.29, 1.82) is 0 Å². The molecule has 23 heavy (non-hydrogen) atoms. The molecule has 4 heteroatoms. The number of rotatable bonds is 4. The van der Waals surface area contributed by atoms with E-state index in [2.05, 4.69) is 19.1 Å². The van der Waals surface area contributed by atoms with Crippen LogP contribution in [0.1, 0.15) is 39.5 Å². The molecule has 0 N–H and O–H groups in total. The van der Waals surface area contributed by atoms with E-state index in [4.69, 9.17) is 4.98 Å². The van der Waals surface area contributed by atoms with Crippen LogP contribution in [0.25, 0.3) is 11.3 Å². The van der Waals surface area contributed by atoms with E-state index in [-0.39, 0.29) is 11.8 Å². The molecule has 1 amide bonds. The molecule has 1 saturated carbocycles. The second kappa shape index (κ2) is 7.26. The third-order valence-corrected chi connectivity index (χ3v) is 5.60. The molecule has 0 spiro atoms. The average Bonchev–Trinajstić information content (AvgIpc) is 3.06. The van der Waals surface area contributed by atoms with Crippen LogP contribution in [0.5, 0.6) is 0 Å². The van der Waals surface area contributed by atoms with Gasteiger partial charge in [-0.25, -0.2) is 4.98 Å². The predicted molar refractivity (Wildman–Crippen MR) is 96.7 cm³/mol. The number of nitrogens with zero attached hydrogens (tertiary/aromatic N) is 2. The third kappa shape index (κ3) is 3.63. The first-order valence-electron chi connectivity index (χ1n) is 8.51. The molecule has 0 radical (unpaired) electrons. The van der Waals surface area contributed by atoms with Crippen LogP contribution < -0.4 is 4.90 Å².